The van der Waals surface area contributed by atoms with E-state index in [0.29, 0.717) is 0 Å². The lowest BCUT2D eigenvalue weighted by Gasteiger charge is -1.94. The molecule has 0 atom stereocenters. The Morgan fingerprint density at radius 2 is 2.18 bits per heavy atom. The van der Waals surface area contributed by atoms with E-state index >= 15 is 0 Å². The lowest BCUT2D eigenvalue weighted by atomic mass is 10.2. The van der Waals surface area contributed by atoms with Crippen molar-refractivity contribution in [1.29, 1.82) is 0 Å². The Morgan fingerprint density at radius 1 is 1.36 bits per heavy atom. The highest BCUT2D eigenvalue weighted by molar-refractivity contribution is 5.78. The fourth-order valence-electron chi connectivity index (χ4n) is 1.30. The molecule has 2 rings (SSSR count). The largest absolute Gasteiger partial charge is 0.334 e. The van der Waals surface area contributed by atoms with Crippen LogP contribution in [-0.2, 0) is 7.05 Å². The lowest BCUT2D eigenvalue weighted by molar-refractivity contribution is 0.948. The maximum absolute atomic E-state index is 4.28. The van der Waals surface area contributed by atoms with E-state index in [0.717, 1.165) is 5.52 Å². The van der Waals surface area contributed by atoms with E-state index in [4.69, 9.17) is 0 Å². The van der Waals surface area contributed by atoms with Crippen LogP contribution in [0.25, 0.3) is 11.0 Å². The topological polar surface area (TPSA) is 17.8 Å². The first-order valence-corrected chi connectivity index (χ1v) is 3.65. The third kappa shape index (κ3) is 0.827. The first-order chi connectivity index (χ1) is 5.29. The van der Waals surface area contributed by atoms with Crippen molar-refractivity contribution in [2.75, 3.05) is 0 Å². The van der Waals surface area contributed by atoms with Crippen molar-refractivity contribution in [2.45, 2.75) is 6.92 Å². The van der Waals surface area contributed by atoms with E-state index in [1.807, 2.05) is 17.9 Å². The van der Waals surface area contributed by atoms with Gasteiger partial charge in [0.2, 0.25) is 0 Å². The molecular weight excluding hydrogens is 136 g/mol. The van der Waals surface area contributed by atoms with Crippen LogP contribution in [0.4, 0.5) is 0 Å². The molecule has 0 aliphatic heterocycles. The molecular formula is C9H10N2. The van der Waals surface area contributed by atoms with Crippen LogP contribution >= 0.6 is 0 Å². The van der Waals surface area contributed by atoms with Gasteiger partial charge in [0.1, 0.15) is 0 Å². The van der Waals surface area contributed by atoms with Crippen LogP contribution < -0.4 is 0 Å². The Bertz CT molecular complexity index is 387. The summed E-state index contributed by atoms with van der Waals surface area (Å²) in [5, 5.41) is 0. The number of hydrogen-bond donors (Lipinski definition) is 0. The SMILES string of the molecule is Cc1cccc2c1ncn2C. The lowest BCUT2D eigenvalue weighted by Crippen LogP contribution is -1.83. The molecule has 0 spiro atoms. The third-order valence-corrected chi connectivity index (χ3v) is 1.96. The van der Waals surface area contributed by atoms with Crippen molar-refractivity contribution in [3.05, 3.63) is 30.1 Å². The second kappa shape index (κ2) is 2.09. The van der Waals surface area contributed by atoms with Gasteiger partial charge in [-0.3, -0.25) is 0 Å². The summed E-state index contributed by atoms with van der Waals surface area (Å²) < 4.78 is 2.03. The van der Waals surface area contributed by atoms with Crippen molar-refractivity contribution in [3.63, 3.8) is 0 Å². The first kappa shape index (κ1) is 6.40. The molecule has 0 bridgehead atoms. The molecule has 0 aliphatic rings. The molecule has 0 aliphatic carbocycles. The summed E-state index contributed by atoms with van der Waals surface area (Å²) in [6.45, 7) is 2.08. The van der Waals surface area contributed by atoms with E-state index in [-0.39, 0.29) is 0 Å². The fraction of sp³-hybridized carbons (Fsp3) is 0.222. The van der Waals surface area contributed by atoms with Gasteiger partial charge in [-0.2, -0.15) is 0 Å². The number of fused-ring (bicyclic) bond motifs is 1. The van der Waals surface area contributed by atoms with Crippen molar-refractivity contribution < 1.29 is 0 Å². The Labute approximate surface area is 65.5 Å². The Balaban J connectivity index is 2.94. The maximum atomic E-state index is 4.28. The molecule has 1 heterocycles. The van der Waals surface area contributed by atoms with Crippen molar-refractivity contribution in [3.8, 4) is 0 Å². The van der Waals surface area contributed by atoms with Gasteiger partial charge in [0.15, 0.2) is 0 Å². The van der Waals surface area contributed by atoms with Gasteiger partial charge in [-0.15, -0.1) is 0 Å². The normalized spacial score (nSPS) is 10.7. The van der Waals surface area contributed by atoms with E-state index < -0.39 is 0 Å². The molecule has 56 valence electrons. The van der Waals surface area contributed by atoms with Gasteiger partial charge in [0.05, 0.1) is 17.4 Å². The minimum Gasteiger partial charge on any atom is -0.334 e. The van der Waals surface area contributed by atoms with Gasteiger partial charge in [0.25, 0.3) is 0 Å². The number of hydrogen-bond acceptors (Lipinski definition) is 1. The monoisotopic (exact) mass is 146 g/mol. The zero-order valence-electron chi connectivity index (χ0n) is 6.70. The number of nitrogens with zero attached hydrogens (tertiary/aromatic N) is 2. The number of aromatic nitrogens is 2. The highest BCUT2D eigenvalue weighted by atomic mass is 15.0. The minimum atomic E-state index is 1.11. The van der Waals surface area contributed by atoms with Crippen molar-refractivity contribution >= 4 is 11.0 Å². The van der Waals surface area contributed by atoms with Gasteiger partial charge in [-0.05, 0) is 18.6 Å². The van der Waals surface area contributed by atoms with E-state index in [1.165, 1.54) is 11.1 Å². The van der Waals surface area contributed by atoms with Gasteiger partial charge in [0, 0.05) is 7.05 Å². The highest BCUT2D eigenvalue weighted by Crippen LogP contribution is 2.14. The molecule has 0 amide bonds. The molecule has 2 heteroatoms. The third-order valence-electron chi connectivity index (χ3n) is 1.96. The average molecular weight is 146 g/mol. The van der Waals surface area contributed by atoms with Crippen LogP contribution in [0.1, 0.15) is 5.56 Å². The zero-order chi connectivity index (χ0) is 7.84. The van der Waals surface area contributed by atoms with Crippen molar-refractivity contribution in [1.82, 2.24) is 9.55 Å². The molecule has 0 saturated carbocycles. The van der Waals surface area contributed by atoms with Crippen molar-refractivity contribution in [2.24, 2.45) is 7.05 Å². The summed E-state index contributed by atoms with van der Waals surface area (Å²) in [6, 6.07) is 6.21. The molecule has 1 aromatic carbocycles. The van der Waals surface area contributed by atoms with Crippen LogP contribution in [0.3, 0.4) is 0 Å². The summed E-state index contributed by atoms with van der Waals surface area (Å²) in [7, 11) is 2.01. The summed E-state index contributed by atoms with van der Waals surface area (Å²) in [6.07, 6.45) is 1.84. The quantitative estimate of drug-likeness (QED) is 0.555. The highest BCUT2D eigenvalue weighted by Gasteiger charge is 1.99. The van der Waals surface area contributed by atoms with Crippen LogP contribution in [0.2, 0.25) is 0 Å². The molecule has 0 unspecified atom stereocenters. The standard InChI is InChI=1S/C9H10N2/c1-7-4-3-5-8-9(7)10-6-11(8)2/h3-6H,1-2H3. The van der Waals surface area contributed by atoms with Gasteiger partial charge in [-0.25, -0.2) is 4.98 Å². The fourth-order valence-corrected chi connectivity index (χ4v) is 1.30. The van der Waals surface area contributed by atoms with Crippen LogP contribution in [-0.4, -0.2) is 9.55 Å². The van der Waals surface area contributed by atoms with Gasteiger partial charge < -0.3 is 4.57 Å². The molecule has 0 fully saturated rings. The maximum Gasteiger partial charge on any atom is 0.0955 e. The molecule has 0 saturated heterocycles. The van der Waals surface area contributed by atoms with E-state index in [9.17, 15) is 0 Å². The van der Waals surface area contributed by atoms with E-state index in [2.05, 4.69) is 30.1 Å². The van der Waals surface area contributed by atoms with Gasteiger partial charge >= 0.3 is 0 Å². The average Bonchev–Trinajstić information content (AvgIpc) is 2.35. The molecule has 0 radical (unpaired) electrons. The molecule has 0 N–H and O–H groups in total. The molecule has 1 aromatic heterocycles. The Kier molecular flexibility index (Phi) is 1.22. The smallest absolute Gasteiger partial charge is 0.0955 e. The Morgan fingerprint density at radius 3 is 2.91 bits per heavy atom. The Hall–Kier alpha value is -1.31. The summed E-state index contributed by atoms with van der Waals surface area (Å²) in [5.74, 6) is 0. The predicted octanol–water partition coefficient (Wildman–Crippen LogP) is 1.88. The molecule has 2 aromatic rings. The second-order valence-electron chi connectivity index (χ2n) is 2.80. The number of para-hydroxylation sites is 1. The number of benzene rings is 1. The van der Waals surface area contributed by atoms with E-state index in [1.54, 1.807) is 0 Å². The number of imidazole rings is 1. The minimum absolute atomic E-state index is 1.11. The zero-order valence-corrected chi connectivity index (χ0v) is 6.70. The summed E-state index contributed by atoms with van der Waals surface area (Å²) >= 11 is 0. The molecule has 11 heavy (non-hydrogen) atoms. The first-order valence-electron chi connectivity index (χ1n) is 3.65. The van der Waals surface area contributed by atoms with Crippen LogP contribution in [0.5, 0.6) is 0 Å². The second-order valence-corrected chi connectivity index (χ2v) is 2.80. The summed E-state index contributed by atoms with van der Waals surface area (Å²) in [4.78, 5) is 4.28. The molecule has 2 nitrogen and oxygen atoms in total. The number of rotatable bonds is 0. The predicted molar refractivity (Wildman–Crippen MR) is 45.5 cm³/mol. The summed E-state index contributed by atoms with van der Waals surface area (Å²) in [5.41, 5.74) is 3.54. The van der Waals surface area contributed by atoms with Crippen LogP contribution in [0, 0.1) is 6.92 Å². The van der Waals surface area contributed by atoms with Crippen LogP contribution in [0.15, 0.2) is 24.5 Å². The number of aryl methyl sites for hydroxylation is 2. The van der Waals surface area contributed by atoms with Gasteiger partial charge in [-0.1, -0.05) is 12.1 Å².